The van der Waals surface area contributed by atoms with Gasteiger partial charge in [0.2, 0.25) is 11.6 Å². The Balaban J connectivity index is 3.15. The molecule has 0 aliphatic carbocycles. The number of aromatic hydroxyl groups is 1. The van der Waals surface area contributed by atoms with Crippen LogP contribution in [-0.2, 0) is 0 Å². The van der Waals surface area contributed by atoms with E-state index in [-0.39, 0.29) is 34.4 Å². The van der Waals surface area contributed by atoms with Crippen LogP contribution in [-0.4, -0.2) is 41.4 Å². The number of aromatic nitrogens is 1. The maximum absolute atomic E-state index is 12.5. The zero-order valence-electron chi connectivity index (χ0n) is 13.5. The third kappa shape index (κ3) is 4.32. The van der Waals surface area contributed by atoms with Crippen molar-refractivity contribution in [1.29, 1.82) is 0 Å². The van der Waals surface area contributed by atoms with Crippen molar-refractivity contribution in [3.05, 3.63) is 15.9 Å². The molecule has 0 saturated carbocycles. The fourth-order valence-electron chi connectivity index (χ4n) is 2.32. The van der Waals surface area contributed by atoms with E-state index in [1.54, 1.807) is 6.92 Å². The molecule has 130 valence electrons. The SMILES string of the molecule is COc1[nH]c(=O)c(C(=O)[C@@H](C)C[C@@H](C)[C@@H](Cl)CCl)c(O)c1OC. The second kappa shape index (κ2) is 8.45. The van der Waals surface area contributed by atoms with Gasteiger partial charge in [0.1, 0.15) is 5.56 Å². The molecule has 23 heavy (non-hydrogen) atoms. The highest BCUT2D eigenvalue weighted by atomic mass is 35.5. The van der Waals surface area contributed by atoms with Gasteiger partial charge in [-0.25, -0.2) is 0 Å². The van der Waals surface area contributed by atoms with Gasteiger partial charge in [0.15, 0.2) is 11.5 Å². The molecule has 1 heterocycles. The number of Topliss-reactive ketones (excluding diaryl/α,β-unsaturated/α-hetero) is 1. The normalized spacial score (nSPS) is 14.9. The summed E-state index contributed by atoms with van der Waals surface area (Å²) in [5, 5.41) is 9.92. The van der Waals surface area contributed by atoms with Crippen molar-refractivity contribution in [3.8, 4) is 17.4 Å². The van der Waals surface area contributed by atoms with Crippen LogP contribution in [0.1, 0.15) is 30.6 Å². The van der Waals surface area contributed by atoms with Crippen LogP contribution in [0.25, 0.3) is 0 Å². The molecule has 0 aromatic carbocycles. The van der Waals surface area contributed by atoms with Crippen LogP contribution in [0, 0.1) is 11.8 Å². The van der Waals surface area contributed by atoms with E-state index in [0.29, 0.717) is 6.42 Å². The molecular weight excluding hydrogens is 345 g/mol. The van der Waals surface area contributed by atoms with Crippen molar-refractivity contribution < 1.29 is 19.4 Å². The molecule has 0 saturated heterocycles. The van der Waals surface area contributed by atoms with Gasteiger partial charge in [-0.05, 0) is 12.3 Å². The predicted octanol–water partition coefficient (Wildman–Crippen LogP) is 2.79. The van der Waals surface area contributed by atoms with E-state index in [1.807, 2.05) is 6.92 Å². The highest BCUT2D eigenvalue weighted by molar-refractivity contribution is 6.28. The van der Waals surface area contributed by atoms with Gasteiger partial charge in [-0.2, -0.15) is 0 Å². The van der Waals surface area contributed by atoms with Crippen LogP contribution in [0.5, 0.6) is 17.4 Å². The number of carbonyl (C=O) groups is 1. The largest absolute Gasteiger partial charge is 0.503 e. The molecule has 0 aliphatic heterocycles. The van der Waals surface area contributed by atoms with Crippen molar-refractivity contribution in [3.63, 3.8) is 0 Å². The van der Waals surface area contributed by atoms with E-state index in [9.17, 15) is 14.7 Å². The summed E-state index contributed by atoms with van der Waals surface area (Å²) in [6.45, 7) is 3.55. The van der Waals surface area contributed by atoms with Crippen LogP contribution in [0.4, 0.5) is 0 Å². The average molecular weight is 366 g/mol. The minimum atomic E-state index is -0.732. The molecule has 0 spiro atoms. The average Bonchev–Trinajstić information content (AvgIpc) is 2.52. The number of halogens is 2. The molecule has 0 aliphatic rings. The first kappa shape index (κ1) is 19.6. The maximum atomic E-state index is 12.5. The maximum Gasteiger partial charge on any atom is 0.265 e. The molecular formula is C15H21Cl2NO5. The standard InChI is InChI=1S/C15H21Cl2NO5/c1-7(9(17)6-16)5-8(2)11(19)10-12(20)13(22-3)15(23-4)18-14(10)21/h7-9H,5-6H2,1-4H3,(H2,18,20,21)/t7-,8+,9+/m1/s1. The fraction of sp³-hybridized carbons (Fsp3) is 0.600. The van der Waals surface area contributed by atoms with Crippen molar-refractivity contribution in [1.82, 2.24) is 4.98 Å². The number of alkyl halides is 2. The number of hydrogen-bond donors (Lipinski definition) is 2. The number of aromatic amines is 1. The van der Waals surface area contributed by atoms with Gasteiger partial charge in [0.25, 0.3) is 5.56 Å². The summed E-state index contributed by atoms with van der Waals surface area (Å²) in [6, 6.07) is 0. The molecule has 0 fully saturated rings. The molecule has 0 bridgehead atoms. The van der Waals surface area contributed by atoms with Crippen LogP contribution in [0.15, 0.2) is 4.79 Å². The van der Waals surface area contributed by atoms with Crippen molar-refractivity contribution >= 4 is 29.0 Å². The van der Waals surface area contributed by atoms with Crippen molar-refractivity contribution in [2.75, 3.05) is 20.1 Å². The Bertz CT molecular complexity index is 617. The van der Waals surface area contributed by atoms with Crippen LogP contribution in [0.3, 0.4) is 0 Å². The number of pyridine rings is 1. The number of carbonyl (C=O) groups excluding carboxylic acids is 1. The van der Waals surface area contributed by atoms with Gasteiger partial charge in [-0.1, -0.05) is 13.8 Å². The van der Waals surface area contributed by atoms with Crippen LogP contribution >= 0.6 is 23.2 Å². The summed E-state index contributed by atoms with van der Waals surface area (Å²) in [4.78, 5) is 27.0. The van der Waals surface area contributed by atoms with Gasteiger partial charge >= 0.3 is 0 Å². The Labute approximate surface area is 144 Å². The highest BCUT2D eigenvalue weighted by Crippen LogP contribution is 2.36. The number of methoxy groups -OCH3 is 2. The van der Waals surface area contributed by atoms with Gasteiger partial charge in [0.05, 0.1) is 14.2 Å². The smallest absolute Gasteiger partial charge is 0.265 e. The molecule has 0 unspecified atom stereocenters. The van der Waals surface area contributed by atoms with E-state index < -0.39 is 23.0 Å². The monoisotopic (exact) mass is 365 g/mol. The first-order valence-corrected chi connectivity index (χ1v) is 8.06. The first-order chi connectivity index (χ1) is 10.8. The molecule has 1 rings (SSSR count). The Morgan fingerprint density at radius 1 is 1.30 bits per heavy atom. The molecule has 2 N–H and O–H groups in total. The Hall–Kier alpha value is -1.40. The van der Waals surface area contributed by atoms with E-state index in [2.05, 4.69) is 4.98 Å². The molecule has 0 radical (unpaired) electrons. The second-order valence-corrected chi connectivity index (χ2v) is 6.26. The Kier molecular flexibility index (Phi) is 7.22. The van der Waals surface area contributed by atoms with E-state index in [0.717, 1.165) is 0 Å². The van der Waals surface area contributed by atoms with Gasteiger partial charge < -0.3 is 14.6 Å². The summed E-state index contributed by atoms with van der Waals surface area (Å²) in [7, 11) is 2.61. The lowest BCUT2D eigenvalue weighted by Gasteiger charge is -2.20. The molecule has 1 aromatic rings. The Morgan fingerprint density at radius 3 is 2.39 bits per heavy atom. The zero-order chi connectivity index (χ0) is 17.7. The highest BCUT2D eigenvalue weighted by Gasteiger charge is 2.29. The van der Waals surface area contributed by atoms with E-state index in [1.165, 1.54) is 14.2 Å². The summed E-state index contributed by atoms with van der Waals surface area (Å²) >= 11 is 11.8. The quantitative estimate of drug-likeness (QED) is 0.546. The van der Waals surface area contributed by atoms with Crippen LogP contribution in [0.2, 0.25) is 0 Å². The van der Waals surface area contributed by atoms with Gasteiger partial charge in [-0.3, -0.25) is 14.6 Å². The molecule has 6 nitrogen and oxygen atoms in total. The molecule has 3 atom stereocenters. The number of ketones is 1. The number of rotatable bonds is 8. The van der Waals surface area contributed by atoms with E-state index in [4.69, 9.17) is 32.7 Å². The van der Waals surface area contributed by atoms with Crippen LogP contribution < -0.4 is 15.0 Å². The minimum Gasteiger partial charge on any atom is -0.503 e. The summed E-state index contributed by atoms with van der Waals surface area (Å²) < 4.78 is 9.91. The lowest BCUT2D eigenvalue weighted by atomic mass is 9.89. The third-order valence-corrected chi connectivity index (χ3v) is 4.78. The number of nitrogens with one attached hydrogen (secondary N) is 1. The van der Waals surface area contributed by atoms with Crippen molar-refractivity contribution in [2.45, 2.75) is 25.6 Å². The first-order valence-electron chi connectivity index (χ1n) is 7.09. The predicted molar refractivity (Wildman–Crippen MR) is 89.5 cm³/mol. The molecule has 8 heteroatoms. The number of hydrogen-bond acceptors (Lipinski definition) is 5. The lowest BCUT2D eigenvalue weighted by Crippen LogP contribution is -2.26. The molecule has 0 amide bonds. The Morgan fingerprint density at radius 2 is 1.91 bits per heavy atom. The summed E-state index contributed by atoms with van der Waals surface area (Å²) in [5.74, 6) is -1.42. The topological polar surface area (TPSA) is 88.6 Å². The lowest BCUT2D eigenvalue weighted by molar-refractivity contribution is 0.0908. The number of H-pyrrole nitrogens is 1. The minimum absolute atomic E-state index is 0.0190. The summed E-state index contributed by atoms with van der Waals surface area (Å²) in [5.41, 5.74) is -1.08. The number of ether oxygens (including phenoxy) is 2. The van der Waals surface area contributed by atoms with E-state index >= 15 is 0 Å². The van der Waals surface area contributed by atoms with Gasteiger partial charge in [0, 0.05) is 17.2 Å². The zero-order valence-corrected chi connectivity index (χ0v) is 15.0. The van der Waals surface area contributed by atoms with Gasteiger partial charge in [-0.15, -0.1) is 23.2 Å². The molecule has 1 aromatic heterocycles. The third-order valence-electron chi connectivity index (χ3n) is 3.70. The second-order valence-electron chi connectivity index (χ2n) is 5.39. The summed E-state index contributed by atoms with van der Waals surface area (Å²) in [6.07, 6.45) is 0.437. The fourth-order valence-corrected chi connectivity index (χ4v) is 2.73. The van der Waals surface area contributed by atoms with Crippen molar-refractivity contribution in [2.24, 2.45) is 11.8 Å².